The molecule has 20 heavy (non-hydrogen) atoms. The van der Waals surface area contributed by atoms with Crippen molar-refractivity contribution in [2.24, 2.45) is 0 Å². The Labute approximate surface area is 120 Å². The summed E-state index contributed by atoms with van der Waals surface area (Å²) < 4.78 is 19.8. The fourth-order valence-electron chi connectivity index (χ4n) is 3.66. The largest absolute Gasteiger partial charge is 0.485 e. The number of ether oxygens (including phenoxy) is 1. The van der Waals surface area contributed by atoms with Gasteiger partial charge < -0.3 is 10.1 Å². The average molecular weight is 278 g/mol. The summed E-state index contributed by atoms with van der Waals surface area (Å²) in [7, 11) is 2.14. The van der Waals surface area contributed by atoms with Crippen molar-refractivity contribution in [3.8, 4) is 5.75 Å². The summed E-state index contributed by atoms with van der Waals surface area (Å²) in [6, 6.07) is 5.58. The predicted molar refractivity (Wildman–Crippen MR) is 77.5 cm³/mol. The highest BCUT2D eigenvalue weighted by Crippen LogP contribution is 2.45. The Kier molecular flexibility index (Phi) is 3.46. The number of nitrogens with zero attached hydrogens (tertiary/aromatic N) is 1. The molecule has 3 unspecified atom stereocenters. The van der Waals surface area contributed by atoms with E-state index in [1.165, 1.54) is 6.07 Å². The molecule has 110 valence electrons. The molecular formula is C16H23FN2O. The molecule has 4 heteroatoms. The summed E-state index contributed by atoms with van der Waals surface area (Å²) >= 11 is 0. The second kappa shape index (κ2) is 5.01. The lowest BCUT2D eigenvalue weighted by atomic mass is 9.85. The minimum atomic E-state index is -0.192. The minimum Gasteiger partial charge on any atom is -0.485 e. The van der Waals surface area contributed by atoms with Gasteiger partial charge in [0.15, 0.2) is 0 Å². The first-order valence-electron chi connectivity index (χ1n) is 7.45. The minimum absolute atomic E-state index is 0.133. The van der Waals surface area contributed by atoms with Crippen LogP contribution in [0.1, 0.15) is 38.3 Å². The molecule has 0 radical (unpaired) electrons. The van der Waals surface area contributed by atoms with Crippen LogP contribution in [0.25, 0.3) is 0 Å². The average Bonchev–Trinajstić information content (AvgIpc) is 2.65. The highest BCUT2D eigenvalue weighted by atomic mass is 19.1. The van der Waals surface area contributed by atoms with E-state index in [1.54, 1.807) is 12.1 Å². The maximum atomic E-state index is 13.5. The van der Waals surface area contributed by atoms with E-state index in [4.69, 9.17) is 4.74 Å². The van der Waals surface area contributed by atoms with E-state index in [9.17, 15) is 4.39 Å². The third-order valence-corrected chi connectivity index (χ3v) is 4.66. The van der Waals surface area contributed by atoms with Gasteiger partial charge in [0.05, 0.1) is 0 Å². The normalized spacial score (nSPS) is 33.2. The Balaban J connectivity index is 1.95. The second-order valence-electron chi connectivity index (χ2n) is 6.25. The molecule has 1 aromatic rings. The molecule has 0 aromatic heterocycles. The van der Waals surface area contributed by atoms with Gasteiger partial charge in [0.25, 0.3) is 0 Å². The Morgan fingerprint density at radius 2 is 2.25 bits per heavy atom. The number of hydrogen-bond acceptors (Lipinski definition) is 3. The van der Waals surface area contributed by atoms with Crippen LogP contribution in [-0.2, 0) is 0 Å². The maximum Gasteiger partial charge on any atom is 0.125 e. The van der Waals surface area contributed by atoms with E-state index in [1.807, 2.05) is 0 Å². The fraction of sp³-hybridized carbons (Fsp3) is 0.625. The van der Waals surface area contributed by atoms with Gasteiger partial charge in [-0.3, -0.25) is 4.90 Å². The number of benzene rings is 1. The summed E-state index contributed by atoms with van der Waals surface area (Å²) in [5.74, 6) is 0.647. The van der Waals surface area contributed by atoms with Crippen LogP contribution in [0.2, 0.25) is 0 Å². The molecule has 1 fully saturated rings. The quantitative estimate of drug-likeness (QED) is 0.900. The lowest BCUT2D eigenvalue weighted by Gasteiger charge is -2.40. The third kappa shape index (κ3) is 2.31. The summed E-state index contributed by atoms with van der Waals surface area (Å²) in [6.45, 7) is 6.14. The van der Waals surface area contributed by atoms with Gasteiger partial charge in [-0.1, -0.05) is 6.92 Å². The zero-order chi connectivity index (χ0) is 14.3. The van der Waals surface area contributed by atoms with Crippen molar-refractivity contribution in [2.75, 3.05) is 20.1 Å². The lowest BCUT2D eigenvalue weighted by Crippen LogP contribution is -2.46. The van der Waals surface area contributed by atoms with E-state index in [0.717, 1.165) is 37.2 Å². The fourth-order valence-corrected chi connectivity index (χ4v) is 3.66. The first-order chi connectivity index (χ1) is 9.53. The van der Waals surface area contributed by atoms with Crippen molar-refractivity contribution in [2.45, 2.75) is 44.4 Å². The number of fused-ring (bicyclic) bond motifs is 1. The molecule has 3 nitrogen and oxygen atoms in total. The summed E-state index contributed by atoms with van der Waals surface area (Å²) in [4.78, 5) is 2.34. The Bertz CT molecular complexity index is 495. The van der Waals surface area contributed by atoms with Crippen LogP contribution in [0.3, 0.4) is 0 Å². The van der Waals surface area contributed by atoms with Gasteiger partial charge in [0.2, 0.25) is 0 Å². The van der Waals surface area contributed by atoms with Crippen LogP contribution in [0, 0.1) is 5.82 Å². The Morgan fingerprint density at radius 3 is 2.90 bits per heavy atom. The first kappa shape index (κ1) is 13.8. The van der Waals surface area contributed by atoms with Crippen molar-refractivity contribution in [3.63, 3.8) is 0 Å². The third-order valence-electron chi connectivity index (χ3n) is 4.66. The van der Waals surface area contributed by atoms with Crippen LogP contribution in [0.15, 0.2) is 18.2 Å². The molecule has 0 amide bonds. The molecule has 2 heterocycles. The maximum absolute atomic E-state index is 13.5. The number of likely N-dealkylation sites (tertiary alicyclic amines) is 1. The van der Waals surface area contributed by atoms with Crippen LogP contribution in [0.5, 0.6) is 5.75 Å². The summed E-state index contributed by atoms with van der Waals surface area (Å²) in [6.07, 6.45) is 1.94. The van der Waals surface area contributed by atoms with Crippen LogP contribution < -0.4 is 10.1 Å². The van der Waals surface area contributed by atoms with E-state index in [0.29, 0.717) is 6.04 Å². The molecule has 1 spiro atoms. The Hall–Kier alpha value is -1.13. The van der Waals surface area contributed by atoms with Crippen LogP contribution in [-0.4, -0.2) is 36.7 Å². The van der Waals surface area contributed by atoms with Crippen molar-refractivity contribution in [1.82, 2.24) is 10.2 Å². The highest BCUT2D eigenvalue weighted by molar-refractivity contribution is 5.40. The SMILES string of the molecule is CCNC1CC2(CC(C)N(C)C2)Oc2ccc(F)cc21. The van der Waals surface area contributed by atoms with Gasteiger partial charge in [-0.15, -0.1) is 0 Å². The zero-order valence-corrected chi connectivity index (χ0v) is 12.4. The monoisotopic (exact) mass is 278 g/mol. The molecule has 2 aliphatic heterocycles. The Morgan fingerprint density at radius 1 is 1.45 bits per heavy atom. The van der Waals surface area contributed by atoms with Gasteiger partial charge in [0.1, 0.15) is 17.2 Å². The van der Waals surface area contributed by atoms with Gasteiger partial charge >= 0.3 is 0 Å². The van der Waals surface area contributed by atoms with Gasteiger partial charge in [-0.25, -0.2) is 4.39 Å². The van der Waals surface area contributed by atoms with Crippen molar-refractivity contribution >= 4 is 0 Å². The molecule has 3 rings (SSSR count). The molecular weight excluding hydrogens is 255 g/mol. The number of rotatable bonds is 2. The number of hydrogen-bond donors (Lipinski definition) is 1. The first-order valence-corrected chi connectivity index (χ1v) is 7.45. The molecule has 3 atom stereocenters. The van der Waals surface area contributed by atoms with Gasteiger partial charge in [0, 0.05) is 37.0 Å². The zero-order valence-electron chi connectivity index (χ0n) is 12.4. The summed E-state index contributed by atoms with van der Waals surface area (Å²) in [5.41, 5.74) is 0.825. The van der Waals surface area contributed by atoms with Crippen LogP contribution in [0.4, 0.5) is 4.39 Å². The van der Waals surface area contributed by atoms with Crippen molar-refractivity contribution < 1.29 is 9.13 Å². The van der Waals surface area contributed by atoms with Crippen molar-refractivity contribution in [1.29, 1.82) is 0 Å². The highest BCUT2D eigenvalue weighted by Gasteiger charge is 2.47. The molecule has 0 bridgehead atoms. The van der Waals surface area contributed by atoms with E-state index in [2.05, 4.69) is 31.1 Å². The predicted octanol–water partition coefficient (Wildman–Crippen LogP) is 2.72. The number of likely N-dealkylation sites (N-methyl/N-ethyl adjacent to an activating group) is 1. The van der Waals surface area contributed by atoms with Crippen LogP contribution >= 0.6 is 0 Å². The molecule has 1 saturated heterocycles. The molecule has 1 aromatic carbocycles. The topological polar surface area (TPSA) is 24.5 Å². The van der Waals surface area contributed by atoms with E-state index in [-0.39, 0.29) is 17.5 Å². The van der Waals surface area contributed by atoms with E-state index >= 15 is 0 Å². The van der Waals surface area contributed by atoms with Gasteiger partial charge in [-0.2, -0.15) is 0 Å². The number of halogens is 1. The molecule has 0 aliphatic carbocycles. The van der Waals surface area contributed by atoms with E-state index < -0.39 is 0 Å². The van der Waals surface area contributed by atoms with Crippen molar-refractivity contribution in [3.05, 3.63) is 29.6 Å². The molecule has 1 N–H and O–H groups in total. The standard InChI is InChI=1S/C16H23FN2O/c1-4-18-14-9-16(8-11(2)19(3)10-16)20-15-6-5-12(17)7-13(14)15/h5-7,11,14,18H,4,8-10H2,1-3H3. The smallest absolute Gasteiger partial charge is 0.125 e. The second-order valence-corrected chi connectivity index (χ2v) is 6.25. The lowest BCUT2D eigenvalue weighted by molar-refractivity contribution is 0.0405. The number of nitrogens with one attached hydrogen (secondary N) is 1. The van der Waals surface area contributed by atoms with Gasteiger partial charge in [-0.05, 0) is 38.7 Å². The summed E-state index contributed by atoms with van der Waals surface area (Å²) in [5, 5.41) is 3.48. The molecule has 2 aliphatic rings. The molecule has 0 saturated carbocycles.